The summed E-state index contributed by atoms with van der Waals surface area (Å²) in [5.41, 5.74) is 8.95. The molecule has 0 aliphatic carbocycles. The second-order valence-electron chi connectivity index (χ2n) is 5.76. The van der Waals surface area contributed by atoms with E-state index in [0.29, 0.717) is 17.8 Å². The van der Waals surface area contributed by atoms with Gasteiger partial charge in [0.05, 0.1) is 6.10 Å². The van der Waals surface area contributed by atoms with Gasteiger partial charge >= 0.3 is 0 Å². The molecular weight excluding hydrogens is 288 g/mol. The molecule has 0 bridgehead atoms. The fourth-order valence-corrected chi connectivity index (χ4v) is 2.18. The lowest BCUT2D eigenvalue weighted by molar-refractivity contribution is 0.0950. The predicted molar refractivity (Wildman–Crippen MR) is 93.6 cm³/mol. The van der Waals surface area contributed by atoms with Crippen LogP contribution in [0.3, 0.4) is 0 Å². The van der Waals surface area contributed by atoms with E-state index < -0.39 is 0 Å². The number of nitrogens with one attached hydrogen (secondary N) is 1. The SMILES string of the molecule is CCC(C)Oc1cc(C)ccc1CNC(=O)c1cccc(N)c1. The summed E-state index contributed by atoms with van der Waals surface area (Å²) in [5.74, 6) is 0.680. The van der Waals surface area contributed by atoms with Crippen LogP contribution >= 0.6 is 0 Å². The van der Waals surface area contributed by atoms with Crippen LogP contribution in [0.25, 0.3) is 0 Å². The molecule has 0 aromatic heterocycles. The average Bonchev–Trinajstić information content (AvgIpc) is 2.53. The third-order valence-electron chi connectivity index (χ3n) is 3.71. The first-order chi connectivity index (χ1) is 11.0. The van der Waals surface area contributed by atoms with E-state index in [1.165, 1.54) is 0 Å². The molecule has 0 heterocycles. The van der Waals surface area contributed by atoms with Crippen molar-refractivity contribution < 1.29 is 9.53 Å². The number of amides is 1. The fraction of sp³-hybridized carbons (Fsp3) is 0.316. The molecule has 2 aromatic rings. The number of hydrogen-bond acceptors (Lipinski definition) is 3. The zero-order valence-corrected chi connectivity index (χ0v) is 13.9. The van der Waals surface area contributed by atoms with E-state index in [0.717, 1.165) is 23.3 Å². The Morgan fingerprint density at radius 1 is 1.26 bits per heavy atom. The lowest BCUT2D eigenvalue weighted by Crippen LogP contribution is -2.23. The van der Waals surface area contributed by atoms with Crippen molar-refractivity contribution in [1.82, 2.24) is 5.32 Å². The van der Waals surface area contributed by atoms with E-state index >= 15 is 0 Å². The number of aryl methyl sites for hydroxylation is 1. The number of nitrogens with two attached hydrogens (primary N) is 1. The van der Waals surface area contributed by atoms with Crippen molar-refractivity contribution in [2.45, 2.75) is 39.8 Å². The van der Waals surface area contributed by atoms with E-state index in [2.05, 4.69) is 12.2 Å². The van der Waals surface area contributed by atoms with E-state index in [-0.39, 0.29) is 12.0 Å². The number of anilines is 1. The van der Waals surface area contributed by atoms with Gasteiger partial charge in [-0.2, -0.15) is 0 Å². The number of hydrogen-bond donors (Lipinski definition) is 2. The Bertz CT molecular complexity index is 683. The van der Waals surface area contributed by atoms with Gasteiger partial charge < -0.3 is 15.8 Å². The zero-order valence-electron chi connectivity index (χ0n) is 13.9. The first-order valence-electron chi connectivity index (χ1n) is 7.89. The van der Waals surface area contributed by atoms with Gasteiger partial charge in [-0.1, -0.05) is 25.1 Å². The van der Waals surface area contributed by atoms with Gasteiger partial charge in [0, 0.05) is 23.4 Å². The van der Waals surface area contributed by atoms with Gasteiger partial charge in [0.25, 0.3) is 5.91 Å². The summed E-state index contributed by atoms with van der Waals surface area (Å²) in [5, 5.41) is 2.92. The number of benzene rings is 2. The second kappa shape index (κ2) is 7.68. The summed E-state index contributed by atoms with van der Waals surface area (Å²) in [6, 6.07) is 13.0. The molecule has 0 spiro atoms. The van der Waals surface area contributed by atoms with Crippen LogP contribution in [0.4, 0.5) is 5.69 Å². The topological polar surface area (TPSA) is 64.3 Å². The number of rotatable bonds is 6. The highest BCUT2D eigenvalue weighted by Gasteiger charge is 2.10. The largest absolute Gasteiger partial charge is 0.490 e. The highest BCUT2D eigenvalue weighted by molar-refractivity contribution is 5.94. The lowest BCUT2D eigenvalue weighted by Gasteiger charge is -2.17. The molecule has 4 nitrogen and oxygen atoms in total. The van der Waals surface area contributed by atoms with Crippen molar-refractivity contribution in [2.24, 2.45) is 0 Å². The van der Waals surface area contributed by atoms with Gasteiger partial charge in [0.1, 0.15) is 5.75 Å². The fourth-order valence-electron chi connectivity index (χ4n) is 2.18. The normalized spacial score (nSPS) is 11.8. The molecule has 1 amide bonds. The zero-order chi connectivity index (χ0) is 16.8. The van der Waals surface area contributed by atoms with Crippen molar-refractivity contribution in [3.05, 3.63) is 59.2 Å². The molecule has 23 heavy (non-hydrogen) atoms. The number of carbonyl (C=O) groups is 1. The average molecular weight is 312 g/mol. The molecule has 0 aliphatic rings. The highest BCUT2D eigenvalue weighted by atomic mass is 16.5. The molecular formula is C19H24N2O2. The van der Waals surface area contributed by atoms with Crippen molar-refractivity contribution in [3.63, 3.8) is 0 Å². The number of carbonyl (C=O) groups excluding carboxylic acids is 1. The molecule has 2 aromatic carbocycles. The Labute approximate surface area is 137 Å². The maximum absolute atomic E-state index is 12.2. The number of ether oxygens (including phenoxy) is 1. The Morgan fingerprint density at radius 3 is 2.74 bits per heavy atom. The highest BCUT2D eigenvalue weighted by Crippen LogP contribution is 2.22. The third-order valence-corrected chi connectivity index (χ3v) is 3.71. The Balaban J connectivity index is 2.09. The lowest BCUT2D eigenvalue weighted by atomic mass is 10.1. The van der Waals surface area contributed by atoms with Crippen molar-refractivity contribution in [3.8, 4) is 5.75 Å². The Morgan fingerprint density at radius 2 is 2.04 bits per heavy atom. The van der Waals surface area contributed by atoms with Gasteiger partial charge in [-0.15, -0.1) is 0 Å². The molecule has 1 atom stereocenters. The van der Waals surface area contributed by atoms with Crippen LogP contribution in [0, 0.1) is 6.92 Å². The minimum Gasteiger partial charge on any atom is -0.490 e. The van der Waals surface area contributed by atoms with Crippen LogP contribution in [-0.4, -0.2) is 12.0 Å². The molecule has 0 saturated carbocycles. The predicted octanol–water partition coefficient (Wildman–Crippen LogP) is 3.68. The first-order valence-corrected chi connectivity index (χ1v) is 7.89. The van der Waals surface area contributed by atoms with Gasteiger partial charge in [-0.3, -0.25) is 4.79 Å². The standard InChI is InChI=1S/C19H24N2O2/c1-4-14(3)23-18-10-13(2)8-9-16(18)12-21-19(22)15-6-5-7-17(20)11-15/h5-11,14H,4,12,20H2,1-3H3,(H,21,22). The van der Waals surface area contributed by atoms with E-state index in [1.807, 2.05) is 32.0 Å². The molecule has 3 N–H and O–H groups in total. The summed E-state index contributed by atoms with van der Waals surface area (Å²) in [6.45, 7) is 6.57. The molecule has 0 fully saturated rings. The number of nitrogen functional groups attached to an aromatic ring is 1. The van der Waals surface area contributed by atoms with E-state index in [9.17, 15) is 4.79 Å². The summed E-state index contributed by atoms with van der Waals surface area (Å²) >= 11 is 0. The van der Waals surface area contributed by atoms with Gasteiger partial charge in [-0.05, 0) is 50.1 Å². The van der Waals surface area contributed by atoms with Crippen LogP contribution in [0.15, 0.2) is 42.5 Å². The molecule has 0 saturated heterocycles. The monoisotopic (exact) mass is 312 g/mol. The minimum absolute atomic E-state index is 0.139. The first kappa shape index (κ1) is 16.9. The second-order valence-corrected chi connectivity index (χ2v) is 5.76. The molecule has 4 heteroatoms. The summed E-state index contributed by atoms with van der Waals surface area (Å²) in [4.78, 5) is 12.2. The molecule has 2 rings (SSSR count). The van der Waals surface area contributed by atoms with E-state index in [1.54, 1.807) is 24.3 Å². The smallest absolute Gasteiger partial charge is 0.251 e. The van der Waals surface area contributed by atoms with Crippen molar-refractivity contribution in [1.29, 1.82) is 0 Å². The van der Waals surface area contributed by atoms with Gasteiger partial charge in [0.15, 0.2) is 0 Å². The quantitative estimate of drug-likeness (QED) is 0.800. The Kier molecular flexibility index (Phi) is 5.63. The summed E-state index contributed by atoms with van der Waals surface area (Å²) in [7, 11) is 0. The molecule has 0 aliphatic heterocycles. The third kappa shape index (κ3) is 4.74. The van der Waals surface area contributed by atoms with E-state index in [4.69, 9.17) is 10.5 Å². The maximum atomic E-state index is 12.2. The van der Waals surface area contributed by atoms with Crippen LogP contribution in [0.1, 0.15) is 41.8 Å². The Hall–Kier alpha value is -2.49. The van der Waals surface area contributed by atoms with Crippen LogP contribution < -0.4 is 15.8 Å². The molecule has 0 radical (unpaired) electrons. The summed E-state index contributed by atoms with van der Waals surface area (Å²) < 4.78 is 5.96. The van der Waals surface area contributed by atoms with Crippen molar-refractivity contribution >= 4 is 11.6 Å². The summed E-state index contributed by atoms with van der Waals surface area (Å²) in [6.07, 6.45) is 1.07. The maximum Gasteiger partial charge on any atom is 0.251 e. The molecule has 1 unspecified atom stereocenters. The van der Waals surface area contributed by atoms with Crippen LogP contribution in [0.5, 0.6) is 5.75 Å². The van der Waals surface area contributed by atoms with Crippen LogP contribution in [-0.2, 0) is 6.54 Å². The van der Waals surface area contributed by atoms with Crippen LogP contribution in [0.2, 0.25) is 0 Å². The van der Waals surface area contributed by atoms with Gasteiger partial charge in [-0.25, -0.2) is 0 Å². The minimum atomic E-state index is -0.146. The van der Waals surface area contributed by atoms with Crippen molar-refractivity contribution in [2.75, 3.05) is 5.73 Å². The van der Waals surface area contributed by atoms with Gasteiger partial charge in [0.2, 0.25) is 0 Å². The molecule has 122 valence electrons.